The lowest BCUT2D eigenvalue weighted by molar-refractivity contribution is 0.0154. The Labute approximate surface area is 143 Å². The van der Waals surface area contributed by atoms with Gasteiger partial charge in [0, 0.05) is 32.0 Å². The lowest BCUT2D eigenvalue weighted by atomic mass is 10.1. The molecule has 1 saturated heterocycles. The van der Waals surface area contributed by atoms with Gasteiger partial charge in [-0.25, -0.2) is 4.79 Å². The van der Waals surface area contributed by atoms with Gasteiger partial charge in [-0.05, 0) is 39.7 Å². The highest BCUT2D eigenvalue weighted by Gasteiger charge is 2.52. The topological polar surface area (TPSA) is 81.0 Å². The molecule has 0 spiro atoms. The molecule has 2 atom stereocenters. The molecule has 2 heterocycles. The van der Waals surface area contributed by atoms with E-state index in [1.165, 1.54) is 0 Å². The molecule has 0 aromatic heterocycles. The number of piperazine rings is 1. The van der Waals surface area contributed by atoms with Gasteiger partial charge in [-0.15, -0.1) is 0 Å². The number of carbonyl (C=O) groups excluding carboxylic acids is 1. The maximum atomic E-state index is 12.3. The minimum atomic E-state index is -0.506. The van der Waals surface area contributed by atoms with E-state index < -0.39 is 11.1 Å². The van der Waals surface area contributed by atoms with Crippen LogP contribution < -0.4 is 5.32 Å². The highest BCUT2D eigenvalue weighted by molar-refractivity contribution is 5.72. The van der Waals surface area contributed by atoms with Crippen molar-refractivity contribution in [3.05, 3.63) is 12.3 Å². The van der Waals surface area contributed by atoms with Crippen molar-refractivity contribution in [2.45, 2.75) is 57.0 Å². The second-order valence-corrected chi connectivity index (χ2v) is 7.59. The summed E-state index contributed by atoms with van der Waals surface area (Å²) in [5, 5.41) is 13.0. The Morgan fingerprint density at radius 2 is 2.21 bits per heavy atom. The summed E-state index contributed by atoms with van der Waals surface area (Å²) in [4.78, 5) is 20.7. The summed E-state index contributed by atoms with van der Waals surface area (Å²) in [6.45, 7) is 7.42. The number of nitriles is 1. The van der Waals surface area contributed by atoms with Crippen LogP contribution in [0.15, 0.2) is 17.3 Å². The van der Waals surface area contributed by atoms with E-state index in [4.69, 9.17) is 4.74 Å². The van der Waals surface area contributed by atoms with E-state index in [9.17, 15) is 10.1 Å². The molecule has 24 heavy (non-hydrogen) atoms. The molecule has 2 aliphatic heterocycles. The molecule has 3 rings (SSSR count). The number of rotatable bonds is 2. The summed E-state index contributed by atoms with van der Waals surface area (Å²) in [7, 11) is 0. The van der Waals surface area contributed by atoms with Gasteiger partial charge in [-0.2, -0.15) is 5.26 Å². The van der Waals surface area contributed by atoms with Gasteiger partial charge in [0.25, 0.3) is 0 Å². The summed E-state index contributed by atoms with van der Waals surface area (Å²) >= 11 is 0. The lowest BCUT2D eigenvalue weighted by Gasteiger charge is -2.42. The number of allylic oxidation sites excluding steroid dienone is 1. The summed E-state index contributed by atoms with van der Waals surface area (Å²) in [5.74, 6) is 0. The predicted molar refractivity (Wildman–Crippen MR) is 90.4 cm³/mol. The molecule has 2 unspecified atom stereocenters. The molecule has 2 fully saturated rings. The van der Waals surface area contributed by atoms with E-state index in [-0.39, 0.29) is 18.3 Å². The maximum Gasteiger partial charge on any atom is 0.410 e. The third-order valence-corrected chi connectivity index (χ3v) is 4.50. The van der Waals surface area contributed by atoms with E-state index in [0.29, 0.717) is 19.6 Å². The van der Waals surface area contributed by atoms with Gasteiger partial charge < -0.3 is 19.9 Å². The summed E-state index contributed by atoms with van der Waals surface area (Å²) in [5.41, 5.74) is -0.942. The zero-order valence-corrected chi connectivity index (χ0v) is 14.5. The van der Waals surface area contributed by atoms with Crippen LogP contribution >= 0.6 is 0 Å². The molecule has 1 aliphatic carbocycles. The Morgan fingerprint density at radius 3 is 2.83 bits per heavy atom. The molecule has 0 radical (unpaired) electrons. The van der Waals surface area contributed by atoms with Crippen LogP contribution in [0.4, 0.5) is 4.79 Å². The molecule has 7 nitrogen and oxygen atoms in total. The maximum absolute atomic E-state index is 12.3. The highest BCUT2D eigenvalue weighted by Crippen LogP contribution is 2.43. The molecule has 7 heteroatoms. The Hall–Kier alpha value is -2.07. The highest BCUT2D eigenvalue weighted by atomic mass is 16.6. The first kappa shape index (κ1) is 16.8. The molecule has 1 amide bonds. The van der Waals surface area contributed by atoms with Crippen LogP contribution in [0, 0.1) is 11.3 Å². The van der Waals surface area contributed by atoms with Crippen molar-refractivity contribution in [1.82, 2.24) is 15.1 Å². The number of ether oxygens (including phenoxy) is 1. The van der Waals surface area contributed by atoms with Crippen molar-refractivity contribution in [2.75, 3.05) is 19.6 Å². The first-order chi connectivity index (χ1) is 11.3. The number of aliphatic imine (C=N–C) groups is 1. The number of carbonyl (C=O) groups is 1. The van der Waals surface area contributed by atoms with E-state index in [1.807, 2.05) is 37.9 Å². The second-order valence-electron chi connectivity index (χ2n) is 7.59. The normalized spacial score (nSPS) is 28.4. The third kappa shape index (κ3) is 3.39. The van der Waals surface area contributed by atoms with Gasteiger partial charge in [0.1, 0.15) is 17.3 Å². The van der Waals surface area contributed by atoms with E-state index in [0.717, 1.165) is 12.8 Å². The molecule has 130 valence electrons. The number of hydrogen-bond acceptors (Lipinski definition) is 6. The van der Waals surface area contributed by atoms with E-state index >= 15 is 0 Å². The molecule has 1 saturated carbocycles. The van der Waals surface area contributed by atoms with Gasteiger partial charge in [-0.1, -0.05) is 0 Å². The van der Waals surface area contributed by atoms with Gasteiger partial charge in [0.05, 0.1) is 12.1 Å². The molecule has 1 N–H and O–H groups in total. The van der Waals surface area contributed by atoms with Crippen LogP contribution in [0.5, 0.6) is 0 Å². The van der Waals surface area contributed by atoms with Crippen LogP contribution in [0.2, 0.25) is 0 Å². The Balaban J connectivity index is 1.70. The van der Waals surface area contributed by atoms with Crippen LogP contribution in [-0.4, -0.2) is 65.1 Å². The van der Waals surface area contributed by atoms with Crippen LogP contribution in [0.3, 0.4) is 0 Å². The fourth-order valence-corrected chi connectivity index (χ4v) is 3.14. The first-order valence-electron chi connectivity index (χ1n) is 8.46. The zero-order chi connectivity index (χ0) is 17.4. The summed E-state index contributed by atoms with van der Waals surface area (Å²) < 4.78 is 5.48. The van der Waals surface area contributed by atoms with Crippen molar-refractivity contribution in [2.24, 2.45) is 4.99 Å². The lowest BCUT2D eigenvalue weighted by Crippen LogP contribution is -2.61. The SMILES string of the molecule is CC(C)(C)OC(=O)N1CCNC(C2N=CC=CN2C2(C#N)CC2)C1. The summed E-state index contributed by atoms with van der Waals surface area (Å²) in [6, 6.07) is 2.39. The smallest absolute Gasteiger partial charge is 0.410 e. The minimum absolute atomic E-state index is 0.0294. The molecular weight excluding hydrogens is 306 g/mol. The van der Waals surface area contributed by atoms with Crippen LogP contribution in [-0.2, 0) is 4.74 Å². The van der Waals surface area contributed by atoms with Crippen molar-refractivity contribution in [3.63, 3.8) is 0 Å². The largest absolute Gasteiger partial charge is 0.444 e. The average molecular weight is 331 g/mol. The summed E-state index contributed by atoms with van der Waals surface area (Å²) in [6.07, 6.45) is 6.83. The first-order valence-corrected chi connectivity index (χ1v) is 8.46. The minimum Gasteiger partial charge on any atom is -0.444 e. The molecule has 3 aliphatic rings. The molecular formula is C17H25N5O2. The molecule has 0 bridgehead atoms. The van der Waals surface area contributed by atoms with Gasteiger partial charge in [0.2, 0.25) is 0 Å². The average Bonchev–Trinajstić information content (AvgIpc) is 3.35. The molecule has 0 aromatic rings. The van der Waals surface area contributed by atoms with Crippen LogP contribution in [0.1, 0.15) is 33.6 Å². The Morgan fingerprint density at radius 1 is 1.46 bits per heavy atom. The van der Waals surface area contributed by atoms with E-state index in [2.05, 4.69) is 16.4 Å². The van der Waals surface area contributed by atoms with Crippen molar-refractivity contribution in [1.29, 1.82) is 5.26 Å². The zero-order valence-electron chi connectivity index (χ0n) is 14.5. The Kier molecular flexibility index (Phi) is 4.26. The van der Waals surface area contributed by atoms with E-state index in [1.54, 1.807) is 11.1 Å². The monoisotopic (exact) mass is 331 g/mol. The Bertz CT molecular complexity index is 597. The second kappa shape index (κ2) is 6.10. The van der Waals surface area contributed by atoms with Gasteiger partial charge >= 0.3 is 6.09 Å². The van der Waals surface area contributed by atoms with Crippen molar-refractivity contribution < 1.29 is 9.53 Å². The standard InChI is InChI=1S/C17H25N5O2/c1-16(2,3)24-15(23)21-10-8-19-13(11-21)14-20-7-4-9-22(14)17(12-18)5-6-17/h4,7,9,13-14,19H,5-6,8,10-11H2,1-3H3. The number of nitrogens with zero attached hydrogens (tertiary/aromatic N) is 4. The molecule has 0 aromatic carbocycles. The van der Waals surface area contributed by atoms with Crippen molar-refractivity contribution in [3.8, 4) is 6.07 Å². The van der Waals surface area contributed by atoms with Crippen LogP contribution in [0.25, 0.3) is 0 Å². The fraction of sp³-hybridized carbons (Fsp3) is 0.706. The van der Waals surface area contributed by atoms with Gasteiger partial charge in [0.15, 0.2) is 0 Å². The fourth-order valence-electron chi connectivity index (χ4n) is 3.14. The van der Waals surface area contributed by atoms with Gasteiger partial charge in [-0.3, -0.25) is 4.99 Å². The predicted octanol–water partition coefficient (Wildman–Crippen LogP) is 1.48. The third-order valence-electron chi connectivity index (χ3n) is 4.50. The van der Waals surface area contributed by atoms with Crippen molar-refractivity contribution >= 4 is 12.3 Å². The quantitative estimate of drug-likeness (QED) is 0.829. The number of hydrogen-bond donors (Lipinski definition) is 1. The number of amides is 1. The number of nitrogens with one attached hydrogen (secondary N) is 1.